The van der Waals surface area contributed by atoms with Gasteiger partial charge in [0, 0.05) is 5.54 Å². The molecule has 3 saturated carbocycles. The second-order valence-corrected chi connectivity index (χ2v) is 7.96. The average Bonchev–Trinajstić information content (AvgIpc) is 2.27. The molecule has 3 heteroatoms. The Morgan fingerprint density at radius 1 is 1.05 bits per heavy atom. The van der Waals surface area contributed by atoms with Crippen molar-refractivity contribution >= 4 is 6.09 Å². The van der Waals surface area contributed by atoms with Gasteiger partial charge in [-0.05, 0) is 70.6 Å². The van der Waals surface area contributed by atoms with Crippen molar-refractivity contribution in [3.63, 3.8) is 0 Å². The van der Waals surface area contributed by atoms with Gasteiger partial charge in [-0.1, -0.05) is 13.8 Å². The lowest BCUT2D eigenvalue weighted by Gasteiger charge is -2.54. The van der Waals surface area contributed by atoms with Gasteiger partial charge >= 0.3 is 6.09 Å². The van der Waals surface area contributed by atoms with Crippen LogP contribution in [0.5, 0.6) is 0 Å². The lowest BCUT2D eigenvalue weighted by molar-refractivity contribution is -0.112. The van der Waals surface area contributed by atoms with Crippen molar-refractivity contribution in [1.29, 1.82) is 0 Å². The second kappa shape index (κ2) is 4.68. The molecule has 0 unspecified atom stereocenters. The molecule has 0 atom stereocenters. The Morgan fingerprint density at radius 3 is 1.89 bits per heavy atom. The molecule has 19 heavy (non-hydrogen) atoms. The van der Waals surface area contributed by atoms with Crippen molar-refractivity contribution < 1.29 is 9.53 Å². The summed E-state index contributed by atoms with van der Waals surface area (Å²) in [6, 6.07) is 0. The zero-order chi connectivity index (χ0) is 14.3. The third-order valence-electron chi connectivity index (χ3n) is 5.25. The van der Waals surface area contributed by atoms with Gasteiger partial charge in [0.2, 0.25) is 0 Å². The highest BCUT2D eigenvalue weighted by molar-refractivity contribution is 5.68. The average molecular weight is 267 g/mol. The quantitative estimate of drug-likeness (QED) is 0.811. The Kier molecular flexibility index (Phi) is 3.61. The summed E-state index contributed by atoms with van der Waals surface area (Å²) in [5.74, 6) is 0.745. The maximum Gasteiger partial charge on any atom is 0.408 e. The number of nitrogens with one attached hydrogen (secondary N) is 1. The lowest BCUT2D eigenvalue weighted by Crippen LogP contribution is -2.53. The summed E-state index contributed by atoms with van der Waals surface area (Å²) in [5.41, 5.74) is 0.121. The van der Waals surface area contributed by atoms with E-state index in [1.54, 1.807) is 0 Å². The molecule has 3 rings (SSSR count). The molecule has 0 aliphatic heterocycles. The van der Waals surface area contributed by atoms with Crippen LogP contribution in [-0.4, -0.2) is 17.2 Å². The number of fused-ring (bicyclic) bond motifs is 3. The van der Waals surface area contributed by atoms with Gasteiger partial charge < -0.3 is 10.1 Å². The number of hydrogen-bond donors (Lipinski definition) is 1. The minimum atomic E-state index is -0.244. The first-order valence-corrected chi connectivity index (χ1v) is 7.68. The molecule has 3 aliphatic rings. The lowest BCUT2D eigenvalue weighted by atomic mass is 9.54. The van der Waals surface area contributed by atoms with Gasteiger partial charge in [-0.2, -0.15) is 0 Å². The molecule has 2 bridgehead atoms. The summed E-state index contributed by atoms with van der Waals surface area (Å²) in [6.45, 7) is 10.6. The number of rotatable bonds is 2. The highest BCUT2D eigenvalue weighted by Gasteiger charge is 2.51. The van der Waals surface area contributed by atoms with E-state index in [9.17, 15) is 4.79 Å². The monoisotopic (exact) mass is 267 g/mol. The predicted octanol–water partition coefficient (Wildman–Crippen LogP) is 4.26. The van der Waals surface area contributed by atoms with Gasteiger partial charge in [0.25, 0.3) is 0 Å². The van der Waals surface area contributed by atoms with Gasteiger partial charge in [-0.25, -0.2) is 4.79 Å². The minimum absolute atomic E-state index is 0.175. The maximum absolute atomic E-state index is 12.0. The van der Waals surface area contributed by atoms with E-state index in [2.05, 4.69) is 19.2 Å². The molecule has 3 nitrogen and oxygen atoms in total. The van der Waals surface area contributed by atoms with Crippen molar-refractivity contribution in [3.05, 3.63) is 0 Å². The Balaban J connectivity index is 1.95. The fourth-order valence-electron chi connectivity index (χ4n) is 3.73. The van der Waals surface area contributed by atoms with Crippen molar-refractivity contribution in [2.45, 2.75) is 84.3 Å². The topological polar surface area (TPSA) is 38.3 Å². The van der Waals surface area contributed by atoms with E-state index in [0.29, 0.717) is 5.41 Å². The smallest absolute Gasteiger partial charge is 0.408 e. The van der Waals surface area contributed by atoms with Crippen LogP contribution in [0.4, 0.5) is 4.79 Å². The minimum Gasteiger partial charge on any atom is -0.443 e. The number of carbonyl (C=O) groups is 1. The van der Waals surface area contributed by atoms with Crippen molar-refractivity contribution in [1.82, 2.24) is 5.32 Å². The third kappa shape index (κ3) is 3.06. The number of alkyl carbamates (subject to hydrolysis) is 1. The van der Waals surface area contributed by atoms with Crippen LogP contribution < -0.4 is 5.32 Å². The SMILES string of the molecule is CC(C)C12CCC(OC(=O)NC(C)(C)C)(CC1)CC2. The van der Waals surface area contributed by atoms with Crippen LogP contribution in [0.3, 0.4) is 0 Å². The van der Waals surface area contributed by atoms with Crippen LogP contribution in [0, 0.1) is 11.3 Å². The van der Waals surface area contributed by atoms with Gasteiger partial charge in [0.05, 0.1) is 0 Å². The first-order chi connectivity index (χ1) is 8.67. The van der Waals surface area contributed by atoms with Crippen LogP contribution in [0.1, 0.15) is 73.1 Å². The van der Waals surface area contributed by atoms with Crippen molar-refractivity contribution in [2.75, 3.05) is 0 Å². The Morgan fingerprint density at radius 2 is 1.53 bits per heavy atom. The number of amides is 1. The first-order valence-electron chi connectivity index (χ1n) is 7.68. The molecule has 0 aromatic heterocycles. The molecule has 110 valence electrons. The van der Waals surface area contributed by atoms with E-state index in [1.807, 2.05) is 20.8 Å². The molecule has 1 amide bonds. The summed E-state index contributed by atoms with van der Waals surface area (Å²) in [5, 5.41) is 2.91. The van der Waals surface area contributed by atoms with E-state index in [-0.39, 0.29) is 17.2 Å². The van der Waals surface area contributed by atoms with Crippen molar-refractivity contribution in [2.24, 2.45) is 11.3 Å². The van der Waals surface area contributed by atoms with Crippen LogP contribution in [0.25, 0.3) is 0 Å². The molecular weight excluding hydrogens is 238 g/mol. The number of ether oxygens (including phenoxy) is 1. The standard InChI is InChI=1S/C16H29NO2/c1-12(2)15-6-9-16(10-7-15,11-8-15)19-13(18)17-14(3,4)5/h12H,6-11H2,1-5H3,(H,17,18). The molecule has 1 N–H and O–H groups in total. The largest absolute Gasteiger partial charge is 0.443 e. The molecule has 0 saturated heterocycles. The summed E-state index contributed by atoms with van der Waals surface area (Å²) < 4.78 is 5.82. The van der Waals surface area contributed by atoms with E-state index in [0.717, 1.165) is 25.2 Å². The molecule has 3 fully saturated rings. The highest BCUT2D eigenvalue weighted by Crippen LogP contribution is 2.57. The molecular formula is C16H29NO2. The zero-order valence-corrected chi connectivity index (χ0v) is 13.1. The molecule has 0 aromatic carbocycles. The summed E-state index contributed by atoms with van der Waals surface area (Å²) in [6.07, 6.45) is 6.54. The van der Waals surface area contributed by atoms with Gasteiger partial charge in [-0.15, -0.1) is 0 Å². The molecule has 3 aliphatic carbocycles. The van der Waals surface area contributed by atoms with E-state index >= 15 is 0 Å². The fourth-order valence-corrected chi connectivity index (χ4v) is 3.73. The number of carbonyl (C=O) groups excluding carboxylic acids is 1. The van der Waals surface area contributed by atoms with Gasteiger partial charge in [-0.3, -0.25) is 0 Å². The third-order valence-corrected chi connectivity index (χ3v) is 5.25. The zero-order valence-electron chi connectivity index (χ0n) is 13.1. The van der Waals surface area contributed by atoms with Crippen LogP contribution in [0.2, 0.25) is 0 Å². The summed E-state index contributed by atoms with van der Waals surface area (Å²) in [4.78, 5) is 12.0. The fraction of sp³-hybridized carbons (Fsp3) is 0.938. The summed E-state index contributed by atoms with van der Waals surface area (Å²) in [7, 11) is 0. The second-order valence-electron chi connectivity index (χ2n) is 7.96. The Labute approximate surface area is 117 Å². The normalized spacial score (nSPS) is 34.4. The first kappa shape index (κ1) is 14.7. The molecule has 0 spiro atoms. The van der Waals surface area contributed by atoms with Crippen LogP contribution in [-0.2, 0) is 4.74 Å². The molecule has 0 radical (unpaired) electrons. The Hall–Kier alpha value is -0.730. The number of hydrogen-bond acceptors (Lipinski definition) is 2. The maximum atomic E-state index is 12.0. The highest BCUT2D eigenvalue weighted by atomic mass is 16.6. The van der Waals surface area contributed by atoms with Crippen molar-refractivity contribution in [3.8, 4) is 0 Å². The van der Waals surface area contributed by atoms with Gasteiger partial charge in [0.1, 0.15) is 5.60 Å². The molecule has 0 aromatic rings. The van der Waals surface area contributed by atoms with Crippen LogP contribution in [0.15, 0.2) is 0 Å². The van der Waals surface area contributed by atoms with Crippen LogP contribution >= 0.6 is 0 Å². The van der Waals surface area contributed by atoms with E-state index < -0.39 is 0 Å². The van der Waals surface area contributed by atoms with E-state index in [1.165, 1.54) is 19.3 Å². The predicted molar refractivity (Wildman–Crippen MR) is 77.1 cm³/mol. The van der Waals surface area contributed by atoms with Gasteiger partial charge in [0.15, 0.2) is 0 Å². The van der Waals surface area contributed by atoms with E-state index in [4.69, 9.17) is 4.74 Å². The Bertz CT molecular complexity index is 330. The molecule has 0 heterocycles. The summed E-state index contributed by atoms with van der Waals surface area (Å²) >= 11 is 0.